The summed E-state index contributed by atoms with van der Waals surface area (Å²) in [6.45, 7) is 0. The Balaban J connectivity index is 3.61. The average Bonchev–Trinajstić information content (AvgIpc) is 2.21. The highest BCUT2D eigenvalue weighted by molar-refractivity contribution is 5.70. The molecule has 4 heteroatoms. The maximum Gasteiger partial charge on any atom is 0.306 e. The van der Waals surface area contributed by atoms with E-state index in [1.54, 1.807) is 0 Å². The van der Waals surface area contributed by atoms with E-state index >= 15 is 0 Å². The standard InChI is InChI=1S/C11H20N2O2/c12-8-4-2-1-3-6-10(11(14)15)7-5-9-13/h8-10,12-13H,1-7H2,(H,14,15)/t10-/m1/s1. The number of hydrogen-bond acceptors (Lipinski definition) is 3. The molecule has 0 radical (unpaired) electrons. The van der Waals surface area contributed by atoms with Crippen molar-refractivity contribution in [1.29, 1.82) is 10.8 Å². The molecule has 0 heterocycles. The molecule has 0 aromatic heterocycles. The number of unbranched alkanes of at least 4 members (excludes halogenated alkanes) is 3. The Morgan fingerprint density at radius 2 is 1.73 bits per heavy atom. The zero-order valence-electron chi connectivity index (χ0n) is 9.04. The van der Waals surface area contributed by atoms with Gasteiger partial charge >= 0.3 is 5.97 Å². The number of carboxylic acid groups (broad SMARTS) is 1. The van der Waals surface area contributed by atoms with Crippen LogP contribution in [0.2, 0.25) is 0 Å². The van der Waals surface area contributed by atoms with Gasteiger partial charge in [-0.15, -0.1) is 0 Å². The first-order valence-corrected chi connectivity index (χ1v) is 5.43. The number of rotatable bonds is 10. The fourth-order valence-electron chi connectivity index (χ4n) is 1.49. The van der Waals surface area contributed by atoms with Gasteiger partial charge in [-0.3, -0.25) is 4.79 Å². The van der Waals surface area contributed by atoms with Crippen LogP contribution in [0.3, 0.4) is 0 Å². The third-order valence-corrected chi connectivity index (χ3v) is 2.41. The summed E-state index contributed by atoms with van der Waals surface area (Å²) in [6.07, 6.45) is 8.14. The maximum atomic E-state index is 10.8. The number of carboxylic acids is 1. The maximum absolute atomic E-state index is 10.8. The van der Waals surface area contributed by atoms with Gasteiger partial charge in [-0.25, -0.2) is 0 Å². The molecule has 3 N–H and O–H groups in total. The Kier molecular flexibility index (Phi) is 8.63. The van der Waals surface area contributed by atoms with E-state index in [4.69, 9.17) is 15.9 Å². The molecule has 0 amide bonds. The van der Waals surface area contributed by atoms with Crippen molar-refractivity contribution in [2.24, 2.45) is 5.92 Å². The van der Waals surface area contributed by atoms with Gasteiger partial charge in [0.2, 0.25) is 0 Å². The summed E-state index contributed by atoms with van der Waals surface area (Å²) in [7, 11) is 0. The average molecular weight is 212 g/mol. The summed E-state index contributed by atoms with van der Waals surface area (Å²) in [5, 5.41) is 22.6. The topological polar surface area (TPSA) is 85.0 Å². The monoisotopic (exact) mass is 212 g/mol. The molecule has 0 aliphatic rings. The molecule has 0 spiro atoms. The fraction of sp³-hybridized carbons (Fsp3) is 0.727. The van der Waals surface area contributed by atoms with Crippen LogP contribution in [0, 0.1) is 16.7 Å². The van der Waals surface area contributed by atoms with E-state index in [-0.39, 0.29) is 5.92 Å². The number of carbonyl (C=O) groups is 1. The first-order chi connectivity index (χ1) is 7.22. The molecule has 0 aromatic rings. The van der Waals surface area contributed by atoms with Crippen LogP contribution in [-0.4, -0.2) is 23.5 Å². The number of hydrogen-bond donors (Lipinski definition) is 3. The van der Waals surface area contributed by atoms with Gasteiger partial charge in [0.15, 0.2) is 0 Å². The smallest absolute Gasteiger partial charge is 0.306 e. The molecule has 1 atom stereocenters. The van der Waals surface area contributed by atoms with Gasteiger partial charge in [-0.05, 0) is 44.5 Å². The van der Waals surface area contributed by atoms with E-state index in [1.165, 1.54) is 12.4 Å². The van der Waals surface area contributed by atoms with Crippen LogP contribution < -0.4 is 0 Å². The molecule has 0 unspecified atom stereocenters. The Hall–Kier alpha value is -1.19. The highest BCUT2D eigenvalue weighted by Gasteiger charge is 2.15. The second-order valence-electron chi connectivity index (χ2n) is 3.66. The zero-order valence-corrected chi connectivity index (χ0v) is 9.04. The van der Waals surface area contributed by atoms with Crippen LogP contribution >= 0.6 is 0 Å². The molecule has 0 aliphatic carbocycles. The van der Waals surface area contributed by atoms with Gasteiger partial charge < -0.3 is 15.9 Å². The van der Waals surface area contributed by atoms with Crippen LogP contribution in [0.4, 0.5) is 0 Å². The van der Waals surface area contributed by atoms with E-state index < -0.39 is 5.97 Å². The number of aliphatic carboxylic acids is 1. The molecule has 0 fully saturated rings. The molecule has 0 aliphatic heterocycles. The van der Waals surface area contributed by atoms with Crippen LogP contribution in [0.5, 0.6) is 0 Å². The summed E-state index contributed by atoms with van der Waals surface area (Å²) in [5.74, 6) is -1.05. The summed E-state index contributed by atoms with van der Waals surface area (Å²) >= 11 is 0. The van der Waals surface area contributed by atoms with E-state index in [1.807, 2.05) is 0 Å². The molecular formula is C11H20N2O2. The Labute approximate surface area is 90.7 Å². The van der Waals surface area contributed by atoms with Gasteiger partial charge in [-0.1, -0.05) is 12.8 Å². The summed E-state index contributed by atoms with van der Waals surface area (Å²) in [4.78, 5) is 10.8. The second kappa shape index (κ2) is 9.37. The highest BCUT2D eigenvalue weighted by atomic mass is 16.4. The van der Waals surface area contributed by atoms with Crippen LogP contribution in [-0.2, 0) is 4.79 Å². The lowest BCUT2D eigenvalue weighted by Gasteiger charge is -2.10. The van der Waals surface area contributed by atoms with Crippen molar-refractivity contribution in [3.63, 3.8) is 0 Å². The first kappa shape index (κ1) is 13.8. The Bertz CT molecular complexity index is 205. The lowest BCUT2D eigenvalue weighted by Crippen LogP contribution is -2.13. The van der Waals surface area contributed by atoms with Gasteiger partial charge in [-0.2, -0.15) is 0 Å². The molecule has 0 saturated carbocycles. The molecule has 15 heavy (non-hydrogen) atoms. The van der Waals surface area contributed by atoms with Crippen molar-refractivity contribution in [2.45, 2.75) is 44.9 Å². The summed E-state index contributed by atoms with van der Waals surface area (Å²) in [6, 6.07) is 0. The van der Waals surface area contributed by atoms with Crippen molar-refractivity contribution in [1.82, 2.24) is 0 Å². The minimum atomic E-state index is -0.746. The zero-order chi connectivity index (χ0) is 11.5. The molecule has 0 rings (SSSR count). The highest BCUT2D eigenvalue weighted by Crippen LogP contribution is 2.15. The molecular weight excluding hydrogens is 192 g/mol. The molecule has 0 bridgehead atoms. The van der Waals surface area contributed by atoms with Crippen molar-refractivity contribution in [3.8, 4) is 0 Å². The van der Waals surface area contributed by atoms with Crippen molar-refractivity contribution in [2.75, 3.05) is 0 Å². The molecule has 4 nitrogen and oxygen atoms in total. The van der Waals surface area contributed by atoms with Gasteiger partial charge in [0.05, 0.1) is 5.92 Å². The summed E-state index contributed by atoms with van der Waals surface area (Å²) < 4.78 is 0. The predicted molar refractivity (Wildman–Crippen MR) is 61.0 cm³/mol. The second-order valence-corrected chi connectivity index (χ2v) is 3.66. The van der Waals surface area contributed by atoms with Gasteiger partial charge in [0.1, 0.15) is 0 Å². The molecule has 0 saturated heterocycles. The quantitative estimate of drug-likeness (QED) is 0.384. The minimum Gasteiger partial charge on any atom is -0.481 e. The SMILES string of the molecule is N=CCCCCC[C@H](CCC=N)C(=O)O. The Morgan fingerprint density at radius 1 is 1.07 bits per heavy atom. The van der Waals surface area contributed by atoms with Crippen molar-refractivity contribution in [3.05, 3.63) is 0 Å². The van der Waals surface area contributed by atoms with Crippen molar-refractivity contribution >= 4 is 18.4 Å². The van der Waals surface area contributed by atoms with E-state index in [0.29, 0.717) is 19.3 Å². The lowest BCUT2D eigenvalue weighted by molar-refractivity contribution is -0.142. The predicted octanol–water partition coefficient (Wildman–Crippen LogP) is 2.72. The molecule has 0 aromatic carbocycles. The van der Waals surface area contributed by atoms with Gasteiger partial charge in [0.25, 0.3) is 0 Å². The van der Waals surface area contributed by atoms with E-state index in [0.717, 1.165) is 25.7 Å². The number of nitrogens with one attached hydrogen (secondary N) is 2. The third-order valence-electron chi connectivity index (χ3n) is 2.41. The summed E-state index contributed by atoms with van der Waals surface area (Å²) in [5.41, 5.74) is 0. The third kappa shape index (κ3) is 7.85. The first-order valence-electron chi connectivity index (χ1n) is 5.43. The van der Waals surface area contributed by atoms with Gasteiger partial charge in [0, 0.05) is 0 Å². The van der Waals surface area contributed by atoms with E-state index in [2.05, 4.69) is 0 Å². The fourth-order valence-corrected chi connectivity index (χ4v) is 1.49. The minimum absolute atomic E-state index is 0.299. The molecule has 86 valence electrons. The van der Waals surface area contributed by atoms with Crippen LogP contribution in [0.1, 0.15) is 44.9 Å². The normalized spacial score (nSPS) is 12.0. The Morgan fingerprint density at radius 3 is 2.27 bits per heavy atom. The largest absolute Gasteiger partial charge is 0.481 e. The lowest BCUT2D eigenvalue weighted by atomic mass is 9.96. The van der Waals surface area contributed by atoms with E-state index in [9.17, 15) is 4.79 Å². The van der Waals surface area contributed by atoms with Crippen molar-refractivity contribution < 1.29 is 9.90 Å². The van der Waals surface area contributed by atoms with Crippen LogP contribution in [0.15, 0.2) is 0 Å². The van der Waals surface area contributed by atoms with Crippen LogP contribution in [0.25, 0.3) is 0 Å².